The van der Waals surface area contributed by atoms with Crippen molar-refractivity contribution in [3.8, 4) is 5.88 Å². The number of carbonyl (C=O) groups is 2. The first-order valence-electron chi connectivity index (χ1n) is 15.0. The van der Waals surface area contributed by atoms with Gasteiger partial charge in [-0.1, -0.05) is 64.3 Å². The number of aromatic nitrogens is 1. The van der Waals surface area contributed by atoms with Crippen molar-refractivity contribution >= 4 is 11.9 Å². The van der Waals surface area contributed by atoms with Crippen LogP contribution in [0, 0.1) is 24.2 Å². The molecule has 0 unspecified atom stereocenters. The Labute approximate surface area is 238 Å². The van der Waals surface area contributed by atoms with Gasteiger partial charge < -0.3 is 20.1 Å². The van der Waals surface area contributed by atoms with Crippen LogP contribution in [-0.2, 0) is 16.1 Å². The molecule has 7 heteroatoms. The molecule has 2 saturated carbocycles. The van der Waals surface area contributed by atoms with Crippen molar-refractivity contribution in [1.82, 2.24) is 15.2 Å². The van der Waals surface area contributed by atoms with E-state index in [4.69, 9.17) is 4.74 Å². The number of amides is 1. The SMILES string of the molecule is COc1ncc(C2CC2)cc1CN[C@H]1[C@H](C(C)(C)C)[C@@H](C(=O)O)N(C(=O)C2CCCCC2)[C@H]1c1ccccc1C. The Bertz CT molecular complexity index is 1230. The summed E-state index contributed by atoms with van der Waals surface area (Å²) in [5.41, 5.74) is 3.89. The monoisotopic (exact) mass is 547 g/mol. The number of hydrogen-bond donors (Lipinski definition) is 2. The predicted octanol–water partition coefficient (Wildman–Crippen LogP) is 6.01. The summed E-state index contributed by atoms with van der Waals surface area (Å²) < 4.78 is 5.63. The van der Waals surface area contributed by atoms with Crippen molar-refractivity contribution in [3.63, 3.8) is 0 Å². The summed E-state index contributed by atoms with van der Waals surface area (Å²) >= 11 is 0. The molecule has 3 fully saturated rings. The number of pyridine rings is 1. The Kier molecular flexibility index (Phi) is 8.23. The van der Waals surface area contributed by atoms with Gasteiger partial charge in [0.25, 0.3) is 0 Å². The van der Waals surface area contributed by atoms with Crippen LogP contribution in [0.1, 0.15) is 99.9 Å². The van der Waals surface area contributed by atoms with Crippen molar-refractivity contribution in [2.24, 2.45) is 17.3 Å². The number of carboxylic acids is 1. The van der Waals surface area contributed by atoms with E-state index in [9.17, 15) is 14.7 Å². The van der Waals surface area contributed by atoms with Gasteiger partial charge in [0.2, 0.25) is 11.8 Å². The molecule has 7 nitrogen and oxygen atoms in total. The standard InChI is InChI=1S/C33H45N3O4/c1-20-11-9-10-14-25(20)28-27(34-19-24-17-23(21-15-16-21)18-35-30(24)40-5)26(33(2,3)4)29(32(38)39)36(28)31(37)22-12-7-6-8-13-22/h9-11,14,17-18,21-22,26-29,34H,6-8,12-13,15-16,19H2,1-5H3,(H,38,39)/t26-,27-,28-,29-/m0/s1. The van der Waals surface area contributed by atoms with Crippen molar-refractivity contribution in [2.75, 3.05) is 7.11 Å². The summed E-state index contributed by atoms with van der Waals surface area (Å²) in [4.78, 5) is 33.8. The molecule has 0 radical (unpaired) electrons. The molecule has 2 aromatic rings. The number of nitrogens with one attached hydrogen (secondary N) is 1. The average molecular weight is 548 g/mol. The summed E-state index contributed by atoms with van der Waals surface area (Å²) in [6, 6.07) is 8.70. The number of ether oxygens (including phenoxy) is 1. The molecule has 0 spiro atoms. The molecule has 1 aromatic heterocycles. The van der Waals surface area contributed by atoms with E-state index in [0.29, 0.717) is 18.3 Å². The summed E-state index contributed by atoms with van der Waals surface area (Å²) in [7, 11) is 1.64. The molecule has 3 aliphatic rings. The van der Waals surface area contributed by atoms with Gasteiger partial charge in [-0.05, 0) is 66.7 Å². The van der Waals surface area contributed by atoms with Crippen LogP contribution >= 0.6 is 0 Å². The van der Waals surface area contributed by atoms with Crippen LogP contribution in [0.5, 0.6) is 5.88 Å². The van der Waals surface area contributed by atoms with Crippen molar-refractivity contribution < 1.29 is 19.4 Å². The fourth-order valence-corrected chi connectivity index (χ4v) is 7.23. The van der Waals surface area contributed by atoms with Crippen molar-refractivity contribution in [2.45, 2.75) is 103 Å². The third kappa shape index (κ3) is 5.63. The lowest BCUT2D eigenvalue weighted by atomic mass is 9.72. The molecule has 2 N–H and O–H groups in total. The number of hydrogen-bond acceptors (Lipinski definition) is 5. The highest BCUT2D eigenvalue weighted by molar-refractivity contribution is 5.87. The highest BCUT2D eigenvalue weighted by Gasteiger charge is 2.58. The van der Waals surface area contributed by atoms with E-state index < -0.39 is 18.1 Å². The second-order valence-electron chi connectivity index (χ2n) is 13.2. The minimum Gasteiger partial charge on any atom is -0.481 e. The Morgan fingerprint density at radius 1 is 1.10 bits per heavy atom. The largest absolute Gasteiger partial charge is 0.481 e. The predicted molar refractivity (Wildman–Crippen MR) is 155 cm³/mol. The van der Waals surface area contributed by atoms with Crippen LogP contribution in [0.4, 0.5) is 0 Å². The zero-order valence-electron chi connectivity index (χ0n) is 24.7. The van der Waals surface area contributed by atoms with Gasteiger partial charge in [0.05, 0.1) is 13.2 Å². The van der Waals surface area contributed by atoms with Crippen LogP contribution in [-0.4, -0.2) is 46.1 Å². The molecule has 1 saturated heterocycles. The Morgan fingerprint density at radius 3 is 2.40 bits per heavy atom. The van der Waals surface area contributed by atoms with Gasteiger partial charge in [0.15, 0.2) is 0 Å². The number of benzene rings is 1. The zero-order chi connectivity index (χ0) is 28.6. The van der Waals surface area contributed by atoms with E-state index in [1.165, 1.54) is 18.4 Å². The molecule has 0 bridgehead atoms. The maximum atomic E-state index is 14.3. The van der Waals surface area contributed by atoms with E-state index >= 15 is 0 Å². The summed E-state index contributed by atoms with van der Waals surface area (Å²) in [6.45, 7) is 8.83. The first kappa shape index (κ1) is 28.6. The quantitative estimate of drug-likeness (QED) is 0.420. The molecular formula is C33H45N3O4. The lowest BCUT2D eigenvalue weighted by Crippen LogP contribution is -2.49. The van der Waals surface area contributed by atoms with Gasteiger partial charge in [-0.3, -0.25) is 4.79 Å². The first-order valence-corrected chi connectivity index (χ1v) is 15.0. The van der Waals surface area contributed by atoms with Gasteiger partial charge in [-0.15, -0.1) is 0 Å². The number of methoxy groups -OCH3 is 1. The number of nitrogens with zero attached hydrogens (tertiary/aromatic N) is 2. The van der Waals surface area contributed by atoms with E-state index in [1.807, 2.05) is 18.3 Å². The minimum atomic E-state index is -0.929. The van der Waals surface area contributed by atoms with Crippen molar-refractivity contribution in [1.29, 1.82) is 0 Å². The van der Waals surface area contributed by atoms with Gasteiger partial charge in [0.1, 0.15) is 6.04 Å². The fraction of sp³-hybridized carbons (Fsp3) is 0.606. The molecule has 2 heterocycles. The van der Waals surface area contributed by atoms with Crippen LogP contribution in [0.25, 0.3) is 0 Å². The maximum Gasteiger partial charge on any atom is 0.326 e. The van der Waals surface area contributed by atoms with Crippen LogP contribution in [0.3, 0.4) is 0 Å². The van der Waals surface area contributed by atoms with E-state index in [2.05, 4.69) is 56.2 Å². The maximum absolute atomic E-state index is 14.3. The fourth-order valence-electron chi connectivity index (χ4n) is 7.23. The summed E-state index contributed by atoms with van der Waals surface area (Å²) in [6.07, 6.45) is 9.12. The smallest absolute Gasteiger partial charge is 0.326 e. The van der Waals surface area contributed by atoms with Crippen LogP contribution < -0.4 is 10.1 Å². The number of carbonyl (C=O) groups excluding carboxylic acids is 1. The topological polar surface area (TPSA) is 91.8 Å². The summed E-state index contributed by atoms with van der Waals surface area (Å²) in [5, 5.41) is 14.5. The van der Waals surface area contributed by atoms with Crippen LogP contribution in [0.15, 0.2) is 36.5 Å². The summed E-state index contributed by atoms with van der Waals surface area (Å²) in [5.74, 6) is -0.227. The lowest BCUT2D eigenvalue weighted by molar-refractivity contribution is -0.154. The van der Waals surface area contributed by atoms with E-state index in [1.54, 1.807) is 12.0 Å². The molecule has 1 aromatic carbocycles. The second kappa shape index (κ2) is 11.5. The van der Waals surface area contributed by atoms with Crippen LogP contribution in [0.2, 0.25) is 0 Å². The molecule has 5 rings (SSSR count). The highest BCUT2D eigenvalue weighted by atomic mass is 16.5. The number of aryl methyl sites for hydroxylation is 1. The van der Waals surface area contributed by atoms with E-state index in [0.717, 1.165) is 48.8 Å². The van der Waals surface area contributed by atoms with Gasteiger partial charge >= 0.3 is 5.97 Å². The molecule has 1 aliphatic heterocycles. The van der Waals surface area contributed by atoms with Gasteiger partial charge in [-0.25, -0.2) is 9.78 Å². The van der Waals surface area contributed by atoms with E-state index in [-0.39, 0.29) is 29.2 Å². The second-order valence-corrected chi connectivity index (χ2v) is 13.2. The Balaban J connectivity index is 1.59. The number of likely N-dealkylation sites (tertiary alicyclic amines) is 1. The molecule has 4 atom stereocenters. The molecular weight excluding hydrogens is 502 g/mol. The number of rotatable bonds is 8. The normalized spacial score (nSPS) is 25.7. The highest BCUT2D eigenvalue weighted by Crippen LogP contribution is 2.50. The Morgan fingerprint density at radius 2 is 1.80 bits per heavy atom. The minimum absolute atomic E-state index is 0.00567. The third-order valence-electron chi connectivity index (χ3n) is 9.35. The molecule has 1 amide bonds. The first-order chi connectivity index (χ1) is 19.1. The van der Waals surface area contributed by atoms with Gasteiger partial charge in [-0.2, -0.15) is 0 Å². The molecule has 2 aliphatic carbocycles. The molecule has 216 valence electrons. The Hall–Kier alpha value is -2.93. The third-order valence-corrected chi connectivity index (χ3v) is 9.35. The number of aliphatic carboxylic acids is 1. The number of carboxylic acid groups (broad SMARTS) is 1. The average Bonchev–Trinajstić information content (AvgIpc) is 3.72. The molecule has 40 heavy (non-hydrogen) atoms. The van der Waals surface area contributed by atoms with Gasteiger partial charge in [0, 0.05) is 36.2 Å². The lowest BCUT2D eigenvalue weighted by Gasteiger charge is -2.36. The van der Waals surface area contributed by atoms with Crippen molar-refractivity contribution in [3.05, 3.63) is 58.8 Å². The zero-order valence-corrected chi connectivity index (χ0v) is 24.7.